The molecule has 5 rings (SSSR count). The minimum atomic E-state index is -4.16. The Morgan fingerprint density at radius 1 is 0.830 bits per heavy atom. The van der Waals surface area contributed by atoms with E-state index < -0.39 is 28.5 Å². The van der Waals surface area contributed by atoms with Crippen LogP contribution in [-0.2, 0) is 32.6 Å². The van der Waals surface area contributed by atoms with Crippen LogP contribution in [0.2, 0.25) is 0 Å². The molecule has 0 saturated heterocycles. The molecule has 1 N–H and O–H groups in total. The Kier molecular flexibility index (Phi) is 11.2. The van der Waals surface area contributed by atoms with Gasteiger partial charge < -0.3 is 10.2 Å². The van der Waals surface area contributed by atoms with Crippen LogP contribution < -0.4 is 9.62 Å². The fourth-order valence-corrected chi connectivity index (χ4v) is 8.01. The van der Waals surface area contributed by atoms with Gasteiger partial charge in [0.25, 0.3) is 10.0 Å². The van der Waals surface area contributed by atoms with E-state index in [1.54, 1.807) is 35.2 Å². The van der Waals surface area contributed by atoms with Gasteiger partial charge in [-0.1, -0.05) is 101 Å². The zero-order valence-electron chi connectivity index (χ0n) is 27.2. The Labute approximate surface area is 287 Å². The maximum Gasteiger partial charge on any atom is 0.264 e. The first kappa shape index (κ1) is 34.4. The fourth-order valence-electron chi connectivity index (χ4n) is 6.09. The van der Waals surface area contributed by atoms with E-state index in [0.717, 1.165) is 58.0 Å². The summed E-state index contributed by atoms with van der Waals surface area (Å²) < 4.78 is 30.8. The number of nitrogens with one attached hydrogen (secondary N) is 1. The third-order valence-corrected chi connectivity index (χ3v) is 11.0. The average molecular weight is 717 g/mol. The van der Waals surface area contributed by atoms with Crippen LogP contribution in [0.15, 0.2) is 106 Å². The lowest BCUT2D eigenvalue weighted by Gasteiger charge is -2.34. The molecule has 0 heterocycles. The predicted octanol–water partition coefficient (Wildman–Crippen LogP) is 7.27. The Morgan fingerprint density at radius 3 is 2.17 bits per heavy atom. The second-order valence-corrected chi connectivity index (χ2v) is 15.2. The fraction of sp³-hybridized carbons (Fsp3) is 0.316. The van der Waals surface area contributed by atoms with Gasteiger partial charge in [0.2, 0.25) is 11.8 Å². The molecule has 9 heteroatoms. The molecule has 0 bridgehead atoms. The number of halogens is 1. The number of rotatable bonds is 12. The summed E-state index contributed by atoms with van der Waals surface area (Å²) in [5.74, 6) is -0.701. The van der Waals surface area contributed by atoms with Crippen molar-refractivity contribution in [2.24, 2.45) is 0 Å². The Hall–Kier alpha value is -3.95. The summed E-state index contributed by atoms with van der Waals surface area (Å²) >= 11 is 3.54. The minimum absolute atomic E-state index is 0.0527. The number of benzene rings is 4. The summed E-state index contributed by atoms with van der Waals surface area (Å²) in [6.45, 7) is 5.27. The van der Waals surface area contributed by atoms with Gasteiger partial charge in [-0.05, 0) is 86.2 Å². The van der Waals surface area contributed by atoms with Crippen molar-refractivity contribution in [1.82, 2.24) is 10.2 Å². The quantitative estimate of drug-likeness (QED) is 0.167. The highest BCUT2D eigenvalue weighted by Crippen LogP contribution is 2.29. The van der Waals surface area contributed by atoms with Crippen LogP contribution in [0.1, 0.15) is 53.5 Å². The number of nitrogens with zero attached hydrogens (tertiary/aromatic N) is 2. The molecular weight excluding hydrogens is 674 g/mol. The summed E-state index contributed by atoms with van der Waals surface area (Å²) in [5, 5.41) is 3.22. The molecule has 2 amide bonds. The molecule has 246 valence electrons. The number of carbonyl (C=O) groups excluding carboxylic acids is 2. The average Bonchev–Trinajstić information content (AvgIpc) is 3.56. The summed E-state index contributed by atoms with van der Waals surface area (Å²) in [7, 11) is -4.16. The van der Waals surface area contributed by atoms with Gasteiger partial charge in [-0.3, -0.25) is 13.9 Å². The van der Waals surface area contributed by atoms with Crippen LogP contribution in [0.3, 0.4) is 0 Å². The third kappa shape index (κ3) is 8.70. The lowest BCUT2D eigenvalue weighted by molar-refractivity contribution is -0.140. The molecule has 0 aromatic heterocycles. The van der Waals surface area contributed by atoms with Crippen molar-refractivity contribution >= 4 is 43.5 Å². The van der Waals surface area contributed by atoms with E-state index in [4.69, 9.17) is 0 Å². The number of sulfonamides is 1. The maximum absolute atomic E-state index is 14.7. The molecule has 1 fully saturated rings. The van der Waals surface area contributed by atoms with Gasteiger partial charge in [-0.25, -0.2) is 8.42 Å². The first-order chi connectivity index (χ1) is 22.5. The second-order valence-electron chi connectivity index (χ2n) is 12.5. The van der Waals surface area contributed by atoms with E-state index in [9.17, 15) is 18.0 Å². The van der Waals surface area contributed by atoms with E-state index in [1.165, 1.54) is 4.31 Å². The van der Waals surface area contributed by atoms with Gasteiger partial charge in [0.05, 0.1) is 10.6 Å². The molecule has 7 nitrogen and oxygen atoms in total. The lowest BCUT2D eigenvalue weighted by Crippen LogP contribution is -2.54. The number of hydrogen-bond acceptors (Lipinski definition) is 4. The van der Waals surface area contributed by atoms with Crippen molar-refractivity contribution in [3.63, 3.8) is 0 Å². The smallest absolute Gasteiger partial charge is 0.264 e. The van der Waals surface area contributed by atoms with Gasteiger partial charge in [0, 0.05) is 23.5 Å². The van der Waals surface area contributed by atoms with E-state index in [-0.39, 0.29) is 29.8 Å². The molecule has 1 aliphatic carbocycles. The monoisotopic (exact) mass is 715 g/mol. The highest BCUT2D eigenvalue weighted by molar-refractivity contribution is 9.10. The molecular formula is C38H42BrN3O4S. The number of aryl methyl sites for hydroxylation is 3. The maximum atomic E-state index is 14.7. The minimum Gasteiger partial charge on any atom is -0.352 e. The van der Waals surface area contributed by atoms with Crippen LogP contribution in [-0.4, -0.2) is 43.8 Å². The summed E-state index contributed by atoms with van der Waals surface area (Å²) in [5.41, 5.74) is 4.67. The van der Waals surface area contributed by atoms with Crippen molar-refractivity contribution in [3.05, 3.63) is 129 Å². The number of hydrogen-bond donors (Lipinski definition) is 1. The van der Waals surface area contributed by atoms with Crippen LogP contribution in [0.25, 0.3) is 0 Å². The van der Waals surface area contributed by atoms with E-state index in [0.29, 0.717) is 5.69 Å². The highest BCUT2D eigenvalue weighted by Gasteiger charge is 2.36. The van der Waals surface area contributed by atoms with E-state index >= 15 is 0 Å². The number of carbonyl (C=O) groups is 2. The topological polar surface area (TPSA) is 86.8 Å². The molecule has 1 atom stereocenters. The van der Waals surface area contributed by atoms with E-state index in [1.807, 2.05) is 87.5 Å². The van der Waals surface area contributed by atoms with Crippen molar-refractivity contribution in [2.45, 2.75) is 76.4 Å². The molecule has 0 spiro atoms. The highest BCUT2D eigenvalue weighted by atomic mass is 79.9. The van der Waals surface area contributed by atoms with E-state index in [2.05, 4.69) is 21.2 Å². The lowest BCUT2D eigenvalue weighted by atomic mass is 10.0. The van der Waals surface area contributed by atoms with Crippen LogP contribution in [0.4, 0.5) is 5.69 Å². The van der Waals surface area contributed by atoms with Gasteiger partial charge >= 0.3 is 0 Å². The Bertz CT molecular complexity index is 1810. The molecule has 4 aromatic rings. The Balaban J connectivity index is 1.59. The molecule has 0 aliphatic heterocycles. The number of anilines is 1. The van der Waals surface area contributed by atoms with Crippen LogP contribution >= 0.6 is 15.9 Å². The molecule has 47 heavy (non-hydrogen) atoms. The molecule has 1 saturated carbocycles. The van der Waals surface area contributed by atoms with Crippen molar-refractivity contribution < 1.29 is 18.0 Å². The summed E-state index contributed by atoms with van der Waals surface area (Å²) in [6.07, 6.45) is 4.19. The second kappa shape index (κ2) is 15.3. The SMILES string of the molecule is Cc1ccc(S(=O)(=O)N(CC(=O)N(Cc2cccc(Br)c2)[C@H](Cc2ccccc2)C(=O)NC2CCCC2)c2cc(C)ccc2C)cc1. The molecule has 0 radical (unpaired) electrons. The first-order valence-corrected chi connectivity index (χ1v) is 18.3. The van der Waals surface area contributed by atoms with Crippen LogP contribution in [0.5, 0.6) is 0 Å². The zero-order valence-corrected chi connectivity index (χ0v) is 29.6. The Morgan fingerprint density at radius 2 is 1.49 bits per heavy atom. The normalized spacial score (nSPS) is 14.0. The number of amides is 2. The summed E-state index contributed by atoms with van der Waals surface area (Å²) in [6, 6.07) is 28.6. The van der Waals surface area contributed by atoms with Crippen molar-refractivity contribution in [1.29, 1.82) is 0 Å². The van der Waals surface area contributed by atoms with Crippen molar-refractivity contribution in [3.8, 4) is 0 Å². The molecule has 4 aromatic carbocycles. The molecule has 0 unspecified atom stereocenters. The standard InChI is InChI=1S/C38H42BrN3O4S/c1-27-17-20-34(21-18-27)47(45,46)42(35-22-28(2)16-19-29(35)3)26-37(43)41(25-31-12-9-13-32(39)23-31)36(24-30-10-5-4-6-11-30)38(44)40-33-14-7-8-15-33/h4-6,9-13,16-23,33,36H,7-8,14-15,24-26H2,1-3H3,(H,40,44)/t36-/m1/s1. The van der Waals surface area contributed by atoms with Crippen LogP contribution in [0, 0.1) is 20.8 Å². The molecule has 1 aliphatic rings. The summed E-state index contributed by atoms with van der Waals surface area (Å²) in [4.78, 5) is 30.6. The first-order valence-electron chi connectivity index (χ1n) is 16.1. The van der Waals surface area contributed by atoms with Crippen molar-refractivity contribution in [2.75, 3.05) is 10.8 Å². The predicted molar refractivity (Wildman–Crippen MR) is 191 cm³/mol. The third-order valence-electron chi connectivity index (χ3n) is 8.74. The zero-order chi connectivity index (χ0) is 33.6. The van der Waals surface area contributed by atoms with Gasteiger partial charge in [-0.15, -0.1) is 0 Å². The van der Waals surface area contributed by atoms with Gasteiger partial charge in [-0.2, -0.15) is 0 Å². The van der Waals surface area contributed by atoms with Gasteiger partial charge in [0.15, 0.2) is 0 Å². The van der Waals surface area contributed by atoms with Gasteiger partial charge in [0.1, 0.15) is 12.6 Å². The largest absolute Gasteiger partial charge is 0.352 e.